The zero-order chi connectivity index (χ0) is 31.5. The van der Waals surface area contributed by atoms with Crippen molar-refractivity contribution < 1.29 is 24.1 Å². The van der Waals surface area contributed by atoms with Crippen LogP contribution in [0.3, 0.4) is 0 Å². The van der Waals surface area contributed by atoms with Crippen LogP contribution in [0.15, 0.2) is 12.1 Å². The van der Waals surface area contributed by atoms with Gasteiger partial charge in [0, 0.05) is 33.3 Å². The summed E-state index contributed by atoms with van der Waals surface area (Å²) in [5.74, 6) is 0.357. The zero-order valence-electron chi connectivity index (χ0n) is 24.9. The molecule has 236 valence electrons. The molecule has 3 N–H and O–H groups in total. The Morgan fingerprint density at radius 2 is 1.98 bits per heavy atom. The smallest absolute Gasteiger partial charge is 0.404 e. The van der Waals surface area contributed by atoms with Crippen molar-refractivity contribution in [1.82, 2.24) is 34.8 Å². The molecular weight excluding hydrogens is 630 g/mol. The predicted octanol–water partition coefficient (Wildman–Crippen LogP) is 5.21. The predicted molar refractivity (Wildman–Crippen MR) is 169 cm³/mol. The molecule has 0 saturated carbocycles. The first kappa shape index (κ1) is 31.0. The molecule has 2 aliphatic rings. The molecule has 5 heterocycles. The van der Waals surface area contributed by atoms with Crippen LogP contribution in [0.2, 0.25) is 35.9 Å². The Kier molecular flexibility index (Phi) is 8.24. The Labute approximate surface area is 264 Å². The molecule has 2 bridgehead atoms. The number of anilines is 1. The highest BCUT2D eigenvalue weighted by molar-refractivity contribution is 6.76. The number of ether oxygens (including phenoxy) is 1. The number of hydrogen-bond acceptors (Lipinski definition) is 8. The van der Waals surface area contributed by atoms with E-state index < -0.39 is 39.0 Å². The fourth-order valence-electron chi connectivity index (χ4n) is 6.29. The van der Waals surface area contributed by atoms with Gasteiger partial charge in [0.1, 0.15) is 35.0 Å². The van der Waals surface area contributed by atoms with Crippen LogP contribution in [-0.2, 0) is 25.1 Å². The molecule has 2 fully saturated rings. The lowest BCUT2D eigenvalue weighted by molar-refractivity contribution is 0.0814. The first-order valence-electron chi connectivity index (χ1n) is 14.6. The molecule has 0 unspecified atom stereocenters. The molecule has 0 radical (unpaired) electrons. The molecule has 2 saturated heterocycles. The molecule has 12 nitrogen and oxygen atoms in total. The number of aryl methyl sites for hydroxylation is 1. The molecule has 4 aromatic rings. The maximum absolute atomic E-state index is 15.7. The second-order valence-corrected chi connectivity index (χ2v) is 19.1. The highest BCUT2D eigenvalue weighted by Crippen LogP contribution is 2.43. The number of nitrogens with zero attached hydrogens (tertiary/aromatic N) is 7. The topological polar surface area (TPSA) is 143 Å². The monoisotopic (exact) mass is 664 g/mol. The van der Waals surface area contributed by atoms with E-state index in [1.165, 1.54) is 0 Å². The summed E-state index contributed by atoms with van der Waals surface area (Å²) in [6.45, 7) is 7.03. The Hall–Kier alpha value is -3.04. The normalized spacial score (nSPS) is 22.0. The number of amides is 1. The number of aromatic nitrogens is 6. The minimum absolute atomic E-state index is 0.101. The number of nitrogens with one attached hydrogen (secondary N) is 1. The van der Waals surface area contributed by atoms with Crippen molar-refractivity contribution >= 4 is 65.3 Å². The van der Waals surface area contributed by atoms with Crippen LogP contribution in [0.25, 0.3) is 33.3 Å². The lowest BCUT2D eigenvalue weighted by Gasteiger charge is -2.42. The standard InChI is InChI=1S/C28H35Cl2FN8O4Si/c1-37-25(30)20-16(35-37)7-6-15(21(20)29)23-24-27(38(36-23)13-43-9-10-44(2,3)4)34-26(18(12-40)32-24)39-14-5-8-19(39)22(31)17(11-14)33-28(41)42/h6-7,14,17,19,22,33,40H,5,8-13H2,1-4H3,(H,41,42)/t14-,17-,19+,22-/m0/s1. The third-order valence-electron chi connectivity index (χ3n) is 8.48. The third-order valence-corrected chi connectivity index (χ3v) is 11.0. The number of rotatable bonds is 9. The summed E-state index contributed by atoms with van der Waals surface area (Å²) in [5.41, 5.74) is 2.70. The molecule has 6 rings (SSSR count). The fourth-order valence-corrected chi connectivity index (χ4v) is 7.66. The number of aliphatic hydroxyl groups is 1. The first-order valence-corrected chi connectivity index (χ1v) is 19.0. The number of fused-ring (bicyclic) bond motifs is 4. The van der Waals surface area contributed by atoms with Crippen molar-refractivity contribution in [2.75, 3.05) is 11.5 Å². The van der Waals surface area contributed by atoms with Gasteiger partial charge in [0.2, 0.25) is 0 Å². The Morgan fingerprint density at radius 1 is 1.20 bits per heavy atom. The van der Waals surface area contributed by atoms with Gasteiger partial charge in [0.15, 0.2) is 11.5 Å². The maximum Gasteiger partial charge on any atom is 0.404 e. The average Bonchev–Trinajstić information content (AvgIpc) is 3.59. The molecule has 3 aromatic heterocycles. The SMILES string of the molecule is Cn1nc2ccc(-c3nn(COCC[Si](C)(C)C)c4nc(N5[C@H]6CC[C@@H]5[C@@H](F)[C@@H](NC(=O)O)C6)c(CO)nc34)c(Cl)c2c1Cl. The number of aliphatic hydroxyl groups excluding tert-OH is 1. The van der Waals surface area contributed by atoms with Gasteiger partial charge in [-0.3, -0.25) is 4.68 Å². The van der Waals surface area contributed by atoms with Crippen LogP contribution in [-0.4, -0.2) is 84.8 Å². The summed E-state index contributed by atoms with van der Waals surface area (Å²) < 4.78 is 24.9. The quantitative estimate of drug-likeness (QED) is 0.162. The van der Waals surface area contributed by atoms with Gasteiger partial charge in [-0.1, -0.05) is 42.8 Å². The van der Waals surface area contributed by atoms with Crippen LogP contribution in [0.5, 0.6) is 0 Å². The average molecular weight is 666 g/mol. The van der Waals surface area contributed by atoms with Crippen molar-refractivity contribution in [3.8, 4) is 11.3 Å². The van der Waals surface area contributed by atoms with Crippen molar-refractivity contribution in [1.29, 1.82) is 0 Å². The summed E-state index contributed by atoms with van der Waals surface area (Å²) in [4.78, 5) is 23.0. The van der Waals surface area contributed by atoms with Crippen LogP contribution >= 0.6 is 23.2 Å². The lowest BCUT2D eigenvalue weighted by Crippen LogP contribution is -2.58. The van der Waals surface area contributed by atoms with Crippen LogP contribution in [0.4, 0.5) is 15.0 Å². The summed E-state index contributed by atoms with van der Waals surface area (Å²) in [7, 11) is 0.392. The van der Waals surface area contributed by atoms with E-state index in [0.29, 0.717) is 68.8 Å². The largest absolute Gasteiger partial charge is 0.465 e. The summed E-state index contributed by atoms with van der Waals surface area (Å²) in [6, 6.07) is 2.97. The van der Waals surface area contributed by atoms with Gasteiger partial charge in [0.05, 0.1) is 34.6 Å². The second kappa shape index (κ2) is 11.7. The highest BCUT2D eigenvalue weighted by atomic mass is 35.5. The Morgan fingerprint density at radius 3 is 2.68 bits per heavy atom. The number of piperidine rings is 1. The summed E-state index contributed by atoms with van der Waals surface area (Å²) in [5, 5.41) is 32.6. The van der Waals surface area contributed by atoms with Crippen molar-refractivity contribution in [3.63, 3.8) is 0 Å². The van der Waals surface area contributed by atoms with E-state index in [4.69, 9.17) is 43.0 Å². The Bertz CT molecular complexity index is 1740. The molecule has 16 heteroatoms. The second-order valence-electron chi connectivity index (χ2n) is 12.7. The number of carboxylic acid groups (broad SMARTS) is 1. The van der Waals surface area contributed by atoms with E-state index in [2.05, 4.69) is 30.1 Å². The molecule has 1 amide bonds. The van der Waals surface area contributed by atoms with Gasteiger partial charge >= 0.3 is 6.09 Å². The molecule has 0 aliphatic carbocycles. The number of alkyl halides is 1. The van der Waals surface area contributed by atoms with Gasteiger partial charge < -0.3 is 25.2 Å². The summed E-state index contributed by atoms with van der Waals surface area (Å²) >= 11 is 13.4. The van der Waals surface area contributed by atoms with E-state index >= 15 is 4.39 Å². The zero-order valence-corrected chi connectivity index (χ0v) is 27.4. The lowest BCUT2D eigenvalue weighted by atomic mass is 9.95. The molecular formula is C28H35Cl2FN8O4Si. The maximum atomic E-state index is 15.7. The van der Waals surface area contributed by atoms with Crippen LogP contribution in [0, 0.1) is 0 Å². The molecule has 2 aliphatic heterocycles. The van der Waals surface area contributed by atoms with Gasteiger partial charge in [-0.2, -0.15) is 10.2 Å². The number of halogens is 3. The molecule has 44 heavy (non-hydrogen) atoms. The van der Waals surface area contributed by atoms with Crippen LogP contribution < -0.4 is 10.2 Å². The van der Waals surface area contributed by atoms with E-state index in [1.54, 1.807) is 28.5 Å². The highest BCUT2D eigenvalue weighted by Gasteiger charge is 2.49. The van der Waals surface area contributed by atoms with Gasteiger partial charge in [-0.25, -0.2) is 23.8 Å². The minimum atomic E-state index is -1.45. The van der Waals surface area contributed by atoms with Crippen LogP contribution in [0.1, 0.15) is 25.0 Å². The van der Waals surface area contributed by atoms with Crippen molar-refractivity contribution in [2.45, 2.75) is 82.6 Å². The first-order chi connectivity index (χ1) is 20.9. The third kappa shape index (κ3) is 5.51. The van der Waals surface area contributed by atoms with Gasteiger partial charge in [-0.05, 0) is 37.4 Å². The van der Waals surface area contributed by atoms with Crippen molar-refractivity contribution in [3.05, 3.63) is 28.0 Å². The molecule has 4 atom stereocenters. The number of benzene rings is 1. The van der Waals surface area contributed by atoms with Gasteiger partial charge in [-0.15, -0.1) is 0 Å². The summed E-state index contributed by atoms with van der Waals surface area (Å²) in [6.07, 6.45) is -1.23. The fraction of sp³-hybridized carbons (Fsp3) is 0.536. The van der Waals surface area contributed by atoms with E-state index in [9.17, 15) is 15.0 Å². The number of carbonyl (C=O) groups is 1. The molecule has 0 spiro atoms. The number of hydrogen-bond donors (Lipinski definition) is 3. The minimum Gasteiger partial charge on any atom is -0.465 e. The van der Waals surface area contributed by atoms with E-state index in [0.717, 1.165) is 6.04 Å². The van der Waals surface area contributed by atoms with E-state index in [1.807, 2.05) is 4.90 Å². The Balaban J connectivity index is 1.46. The van der Waals surface area contributed by atoms with Crippen molar-refractivity contribution in [2.24, 2.45) is 7.05 Å². The van der Waals surface area contributed by atoms with E-state index in [-0.39, 0.29) is 24.9 Å². The molecule has 1 aromatic carbocycles. The van der Waals surface area contributed by atoms with Gasteiger partial charge in [0.25, 0.3) is 0 Å².